The fourth-order valence-electron chi connectivity index (χ4n) is 5.52. The molecule has 0 saturated carbocycles. The van der Waals surface area contributed by atoms with Crippen LogP contribution in [0.4, 0.5) is 0 Å². The van der Waals surface area contributed by atoms with Crippen LogP contribution in [0.25, 0.3) is 54.4 Å². The maximum absolute atomic E-state index is 6.52. The molecule has 0 amide bonds. The summed E-state index contributed by atoms with van der Waals surface area (Å²) in [6.45, 7) is 13.7. The number of aryl methyl sites for hydroxylation is 1. The van der Waals surface area contributed by atoms with Gasteiger partial charge in [0.1, 0.15) is 11.3 Å². The summed E-state index contributed by atoms with van der Waals surface area (Å²) in [5.41, 5.74) is 6.87. The third-order valence-electron chi connectivity index (χ3n) is 7.30. The Bertz CT molecular complexity index is 1780. The van der Waals surface area contributed by atoms with E-state index >= 15 is 0 Å². The third kappa shape index (κ3) is 4.16. The second-order valence-electron chi connectivity index (χ2n) is 11.6. The number of hydrogen-bond donors (Lipinski definition) is 0. The minimum atomic E-state index is 0.0187. The first kappa shape index (κ1) is 23.9. The monoisotopic (exact) mass is 503 g/mol. The Balaban J connectivity index is 1.55. The molecule has 0 bridgehead atoms. The number of furan rings is 1. The summed E-state index contributed by atoms with van der Waals surface area (Å²) in [5, 5.41) is 4.91. The minimum Gasteiger partial charge on any atom is -0.456 e. The normalized spacial score (nSPS) is 12.4. The van der Waals surface area contributed by atoms with Crippen molar-refractivity contribution in [2.24, 2.45) is 5.92 Å². The van der Waals surface area contributed by atoms with Crippen LogP contribution < -0.4 is 0 Å². The summed E-state index contributed by atoms with van der Waals surface area (Å²) in [4.78, 5) is 6.35. The molecule has 0 unspecified atom stereocenters. The van der Waals surface area contributed by atoms with Gasteiger partial charge in [-0.3, -0.25) is 4.98 Å². The van der Waals surface area contributed by atoms with Gasteiger partial charge in [0.2, 0.25) is 0 Å². The SMILES string of the molecule is Cc1c(CC(C)C)sc2cccc(-c3cc4c(-c5cc(C(C)(C)C)c6ccccc6c5)nccc4o3)c12. The van der Waals surface area contributed by atoms with Crippen molar-refractivity contribution in [1.29, 1.82) is 0 Å². The molecule has 0 aliphatic carbocycles. The average molecular weight is 504 g/mol. The van der Waals surface area contributed by atoms with Gasteiger partial charge in [0.05, 0.1) is 5.69 Å². The molecule has 3 aromatic heterocycles. The van der Waals surface area contributed by atoms with Crippen molar-refractivity contribution in [2.75, 3.05) is 0 Å². The molecular formula is C34H33NOS. The summed E-state index contributed by atoms with van der Waals surface area (Å²) >= 11 is 1.92. The van der Waals surface area contributed by atoms with Gasteiger partial charge in [0.25, 0.3) is 0 Å². The van der Waals surface area contributed by atoms with E-state index in [0.29, 0.717) is 5.92 Å². The van der Waals surface area contributed by atoms with Gasteiger partial charge in [-0.15, -0.1) is 11.3 Å². The van der Waals surface area contributed by atoms with Crippen molar-refractivity contribution in [1.82, 2.24) is 4.98 Å². The highest BCUT2D eigenvalue weighted by Gasteiger charge is 2.21. The summed E-state index contributed by atoms with van der Waals surface area (Å²) in [5.74, 6) is 1.54. The second-order valence-corrected chi connectivity index (χ2v) is 12.7. The lowest BCUT2D eigenvalue weighted by Gasteiger charge is -2.22. The molecule has 0 aliphatic rings. The largest absolute Gasteiger partial charge is 0.456 e. The Morgan fingerprint density at radius 2 is 1.73 bits per heavy atom. The van der Waals surface area contributed by atoms with E-state index in [0.717, 1.165) is 40.0 Å². The van der Waals surface area contributed by atoms with E-state index in [1.54, 1.807) is 0 Å². The van der Waals surface area contributed by atoms with Crippen LogP contribution in [0.3, 0.4) is 0 Å². The van der Waals surface area contributed by atoms with Gasteiger partial charge in [-0.1, -0.05) is 71.0 Å². The average Bonchev–Trinajstić information content (AvgIpc) is 3.43. The van der Waals surface area contributed by atoms with Crippen LogP contribution in [0.1, 0.15) is 50.6 Å². The lowest BCUT2D eigenvalue weighted by molar-refractivity contribution is 0.596. The Labute approximate surface area is 223 Å². The first-order valence-electron chi connectivity index (χ1n) is 13.1. The summed E-state index contributed by atoms with van der Waals surface area (Å²) in [6, 6.07) is 24.0. The van der Waals surface area contributed by atoms with Crippen LogP contribution in [-0.4, -0.2) is 4.98 Å². The summed E-state index contributed by atoms with van der Waals surface area (Å²) in [7, 11) is 0. The van der Waals surface area contributed by atoms with E-state index in [-0.39, 0.29) is 5.41 Å². The lowest BCUT2D eigenvalue weighted by Crippen LogP contribution is -2.12. The topological polar surface area (TPSA) is 26.0 Å². The molecule has 3 heteroatoms. The molecule has 186 valence electrons. The zero-order valence-electron chi connectivity index (χ0n) is 22.5. The summed E-state index contributed by atoms with van der Waals surface area (Å²) in [6.07, 6.45) is 2.98. The van der Waals surface area contributed by atoms with E-state index in [1.807, 2.05) is 23.6 Å². The van der Waals surface area contributed by atoms with Gasteiger partial charge in [-0.2, -0.15) is 0 Å². The van der Waals surface area contributed by atoms with Crippen LogP contribution in [0.2, 0.25) is 0 Å². The highest BCUT2D eigenvalue weighted by atomic mass is 32.1. The molecule has 3 heterocycles. The maximum Gasteiger partial charge on any atom is 0.138 e. The smallest absolute Gasteiger partial charge is 0.138 e. The number of thiophene rings is 1. The van der Waals surface area contributed by atoms with Crippen LogP contribution in [-0.2, 0) is 11.8 Å². The van der Waals surface area contributed by atoms with Gasteiger partial charge >= 0.3 is 0 Å². The zero-order valence-corrected chi connectivity index (χ0v) is 23.3. The quantitative estimate of drug-likeness (QED) is 0.239. The molecule has 0 saturated heterocycles. The number of pyridine rings is 1. The Kier molecular flexibility index (Phi) is 5.72. The lowest BCUT2D eigenvalue weighted by atomic mass is 9.82. The van der Waals surface area contributed by atoms with Gasteiger partial charge in [-0.05, 0) is 76.9 Å². The van der Waals surface area contributed by atoms with Crippen molar-refractivity contribution in [2.45, 2.75) is 53.4 Å². The molecule has 0 atom stereocenters. The van der Waals surface area contributed by atoms with E-state index in [1.165, 1.54) is 36.9 Å². The highest BCUT2D eigenvalue weighted by molar-refractivity contribution is 7.19. The predicted molar refractivity (Wildman–Crippen MR) is 160 cm³/mol. The predicted octanol–water partition coefficient (Wildman–Crippen LogP) is 10.3. The van der Waals surface area contributed by atoms with Gasteiger partial charge < -0.3 is 4.42 Å². The van der Waals surface area contributed by atoms with Crippen LogP contribution in [0.15, 0.2) is 77.3 Å². The molecular weight excluding hydrogens is 470 g/mol. The van der Waals surface area contributed by atoms with Gasteiger partial charge in [-0.25, -0.2) is 0 Å². The standard InChI is InChI=1S/C34H33NOS/c1-20(2)16-31-21(3)32-25(12-9-13-30(32)37-31)29-19-26-28(36-29)14-15-35-33(26)23-17-22-10-7-8-11-24(22)27(18-23)34(4,5)6/h7-15,17-20H,16H2,1-6H3. The van der Waals surface area contributed by atoms with Crippen molar-refractivity contribution in [3.8, 4) is 22.6 Å². The molecule has 3 aromatic carbocycles. The molecule has 0 N–H and O–H groups in total. The molecule has 6 rings (SSSR count). The van der Waals surface area contributed by atoms with Gasteiger partial charge in [0.15, 0.2) is 0 Å². The van der Waals surface area contributed by atoms with E-state index in [4.69, 9.17) is 9.40 Å². The molecule has 37 heavy (non-hydrogen) atoms. The molecule has 0 aliphatic heterocycles. The Morgan fingerprint density at radius 1 is 0.919 bits per heavy atom. The Hall–Kier alpha value is -3.43. The van der Waals surface area contributed by atoms with E-state index in [2.05, 4.69) is 102 Å². The molecule has 0 spiro atoms. The number of fused-ring (bicyclic) bond motifs is 3. The number of aromatic nitrogens is 1. The molecule has 2 nitrogen and oxygen atoms in total. The van der Waals surface area contributed by atoms with Crippen LogP contribution in [0, 0.1) is 12.8 Å². The van der Waals surface area contributed by atoms with Crippen molar-refractivity contribution >= 4 is 43.2 Å². The summed E-state index contributed by atoms with van der Waals surface area (Å²) < 4.78 is 7.85. The number of hydrogen-bond acceptors (Lipinski definition) is 3. The van der Waals surface area contributed by atoms with Crippen LogP contribution in [0.5, 0.6) is 0 Å². The van der Waals surface area contributed by atoms with Crippen LogP contribution >= 0.6 is 11.3 Å². The Morgan fingerprint density at radius 3 is 2.51 bits per heavy atom. The molecule has 0 fully saturated rings. The third-order valence-corrected chi connectivity index (χ3v) is 8.58. The van der Waals surface area contributed by atoms with Gasteiger partial charge in [0, 0.05) is 37.7 Å². The number of rotatable bonds is 4. The molecule has 6 aromatic rings. The molecule has 0 radical (unpaired) electrons. The first-order chi connectivity index (χ1) is 17.7. The van der Waals surface area contributed by atoms with Crippen molar-refractivity contribution < 1.29 is 4.42 Å². The highest BCUT2D eigenvalue weighted by Crippen LogP contribution is 2.42. The van der Waals surface area contributed by atoms with Crippen molar-refractivity contribution in [3.63, 3.8) is 0 Å². The maximum atomic E-state index is 6.52. The minimum absolute atomic E-state index is 0.0187. The zero-order chi connectivity index (χ0) is 25.9. The number of benzene rings is 3. The second kappa shape index (κ2) is 8.85. The van der Waals surface area contributed by atoms with E-state index in [9.17, 15) is 0 Å². The van der Waals surface area contributed by atoms with Crippen molar-refractivity contribution in [3.05, 3.63) is 88.9 Å². The fourth-order valence-corrected chi connectivity index (χ4v) is 6.97. The number of nitrogens with zero attached hydrogens (tertiary/aromatic N) is 1. The first-order valence-corrected chi connectivity index (χ1v) is 14.0. The van der Waals surface area contributed by atoms with E-state index < -0.39 is 0 Å². The fraction of sp³-hybridized carbons (Fsp3) is 0.265.